The van der Waals surface area contributed by atoms with Crippen molar-refractivity contribution in [1.29, 1.82) is 0 Å². The molecule has 0 bridgehead atoms. The monoisotopic (exact) mass is 347 g/mol. The first-order valence-corrected chi connectivity index (χ1v) is 9.85. The van der Waals surface area contributed by atoms with Crippen LogP contribution in [0.4, 0.5) is 0 Å². The van der Waals surface area contributed by atoms with E-state index in [9.17, 15) is 8.42 Å². The first kappa shape index (κ1) is 16.7. The molecule has 5 nitrogen and oxygen atoms in total. The Morgan fingerprint density at radius 2 is 2.10 bits per heavy atom. The van der Waals surface area contributed by atoms with Crippen LogP contribution in [-0.2, 0) is 10.0 Å². The molecule has 2 rings (SSSR count). The molecule has 0 spiro atoms. The minimum atomic E-state index is -3.33. The van der Waals surface area contributed by atoms with Gasteiger partial charge in [0.1, 0.15) is 4.21 Å². The van der Waals surface area contributed by atoms with Crippen LogP contribution in [0.15, 0.2) is 21.7 Å². The van der Waals surface area contributed by atoms with Crippen molar-refractivity contribution < 1.29 is 8.42 Å². The summed E-state index contributed by atoms with van der Waals surface area (Å²) < 4.78 is 26.8. The third kappa shape index (κ3) is 4.15. The van der Waals surface area contributed by atoms with Crippen LogP contribution in [0.5, 0.6) is 0 Å². The molecule has 0 saturated carbocycles. The molecule has 1 aromatic rings. The summed E-state index contributed by atoms with van der Waals surface area (Å²) in [6.45, 7) is 5.26. The van der Waals surface area contributed by atoms with E-state index in [0.29, 0.717) is 30.4 Å². The molecule has 8 heteroatoms. The van der Waals surface area contributed by atoms with E-state index in [1.165, 1.54) is 11.3 Å². The van der Waals surface area contributed by atoms with Crippen LogP contribution in [0.25, 0.3) is 0 Å². The third-order valence-electron chi connectivity index (χ3n) is 3.42. The Kier molecular flexibility index (Phi) is 5.98. The SMILES string of the molecule is CCCCNC(=S)N1CCN(S(=O)(=O)c2cccs2)CC1. The lowest BCUT2D eigenvalue weighted by molar-refractivity contribution is 0.264. The lowest BCUT2D eigenvalue weighted by Crippen LogP contribution is -2.53. The number of sulfonamides is 1. The summed E-state index contributed by atoms with van der Waals surface area (Å²) in [6.07, 6.45) is 2.22. The molecule has 1 aliphatic heterocycles. The number of hydrogen-bond donors (Lipinski definition) is 1. The largest absolute Gasteiger partial charge is 0.363 e. The van der Waals surface area contributed by atoms with Gasteiger partial charge in [-0.3, -0.25) is 0 Å². The molecule has 1 aliphatic rings. The Morgan fingerprint density at radius 1 is 1.38 bits per heavy atom. The molecule has 0 aromatic carbocycles. The molecule has 1 aromatic heterocycles. The number of nitrogens with one attached hydrogen (secondary N) is 1. The summed E-state index contributed by atoms with van der Waals surface area (Å²) in [5.74, 6) is 0. The molecule has 0 atom stereocenters. The maximum Gasteiger partial charge on any atom is 0.252 e. The van der Waals surface area contributed by atoms with E-state index in [1.807, 2.05) is 4.90 Å². The first-order valence-electron chi connectivity index (χ1n) is 7.12. The van der Waals surface area contributed by atoms with E-state index in [0.717, 1.165) is 24.5 Å². The van der Waals surface area contributed by atoms with Crippen molar-refractivity contribution in [3.05, 3.63) is 17.5 Å². The number of unbranched alkanes of at least 4 members (excludes halogenated alkanes) is 1. The summed E-state index contributed by atoms with van der Waals surface area (Å²) in [4.78, 5) is 2.05. The van der Waals surface area contributed by atoms with Crippen molar-refractivity contribution in [1.82, 2.24) is 14.5 Å². The van der Waals surface area contributed by atoms with Crippen LogP contribution in [0.3, 0.4) is 0 Å². The van der Waals surface area contributed by atoms with E-state index in [1.54, 1.807) is 21.8 Å². The quantitative estimate of drug-likeness (QED) is 0.649. The Bertz CT molecular complexity index is 549. The fourth-order valence-electron chi connectivity index (χ4n) is 2.15. The van der Waals surface area contributed by atoms with Gasteiger partial charge in [0, 0.05) is 32.7 Å². The number of hydrogen-bond acceptors (Lipinski definition) is 4. The van der Waals surface area contributed by atoms with Gasteiger partial charge in [0.15, 0.2) is 5.11 Å². The molecule has 1 fully saturated rings. The molecule has 0 unspecified atom stereocenters. The lowest BCUT2D eigenvalue weighted by atomic mass is 10.3. The predicted octanol–water partition coefficient (Wildman–Crippen LogP) is 1.73. The highest BCUT2D eigenvalue weighted by atomic mass is 32.2. The molecule has 0 radical (unpaired) electrons. The van der Waals surface area contributed by atoms with Gasteiger partial charge in [-0.05, 0) is 30.1 Å². The summed E-state index contributed by atoms with van der Waals surface area (Å²) in [5.41, 5.74) is 0. The summed E-state index contributed by atoms with van der Waals surface area (Å²) in [7, 11) is -3.33. The molecule has 0 amide bonds. The minimum Gasteiger partial charge on any atom is -0.363 e. The highest BCUT2D eigenvalue weighted by Crippen LogP contribution is 2.21. The second-order valence-electron chi connectivity index (χ2n) is 4.91. The van der Waals surface area contributed by atoms with E-state index in [4.69, 9.17) is 12.2 Å². The van der Waals surface area contributed by atoms with Gasteiger partial charge in [-0.1, -0.05) is 19.4 Å². The zero-order valence-electron chi connectivity index (χ0n) is 12.1. The number of rotatable bonds is 5. The topological polar surface area (TPSA) is 52.6 Å². The van der Waals surface area contributed by atoms with Crippen molar-refractivity contribution in [2.24, 2.45) is 0 Å². The molecule has 1 saturated heterocycles. The molecular weight excluding hydrogens is 326 g/mol. The molecule has 2 heterocycles. The standard InChI is InChI=1S/C13H21N3O2S3/c1-2-3-6-14-13(19)15-7-9-16(10-8-15)21(17,18)12-5-4-11-20-12/h4-5,11H,2-3,6-10H2,1H3,(H,14,19). The van der Waals surface area contributed by atoms with E-state index < -0.39 is 10.0 Å². The number of thiophene rings is 1. The van der Waals surface area contributed by atoms with Crippen molar-refractivity contribution >= 4 is 38.7 Å². The second-order valence-corrected chi connectivity index (χ2v) is 8.41. The van der Waals surface area contributed by atoms with Gasteiger partial charge in [-0.15, -0.1) is 11.3 Å². The molecule has 118 valence electrons. The Hall–Kier alpha value is -0.700. The third-order valence-corrected chi connectivity index (χ3v) is 7.10. The molecule has 0 aliphatic carbocycles. The first-order chi connectivity index (χ1) is 10.1. The van der Waals surface area contributed by atoms with Crippen molar-refractivity contribution in [2.75, 3.05) is 32.7 Å². The predicted molar refractivity (Wildman–Crippen MR) is 90.2 cm³/mol. The summed E-state index contributed by atoms with van der Waals surface area (Å²) in [5, 5.41) is 5.75. The number of nitrogens with zero attached hydrogens (tertiary/aromatic N) is 2. The van der Waals surface area contributed by atoms with E-state index >= 15 is 0 Å². The fourth-order valence-corrected chi connectivity index (χ4v) is 5.00. The smallest absolute Gasteiger partial charge is 0.252 e. The molecule has 1 N–H and O–H groups in total. The molecule has 21 heavy (non-hydrogen) atoms. The maximum absolute atomic E-state index is 12.4. The molecular formula is C13H21N3O2S3. The highest BCUT2D eigenvalue weighted by molar-refractivity contribution is 7.91. The van der Waals surface area contributed by atoms with Gasteiger partial charge in [-0.2, -0.15) is 4.31 Å². The van der Waals surface area contributed by atoms with Crippen LogP contribution < -0.4 is 5.32 Å². The zero-order chi connectivity index (χ0) is 15.3. The zero-order valence-corrected chi connectivity index (χ0v) is 14.6. The van der Waals surface area contributed by atoms with Gasteiger partial charge in [0.2, 0.25) is 0 Å². The van der Waals surface area contributed by atoms with Crippen LogP contribution in [0.2, 0.25) is 0 Å². The van der Waals surface area contributed by atoms with Gasteiger partial charge in [0.25, 0.3) is 10.0 Å². The fraction of sp³-hybridized carbons (Fsp3) is 0.615. The van der Waals surface area contributed by atoms with E-state index in [-0.39, 0.29) is 0 Å². The second kappa shape index (κ2) is 7.53. The Morgan fingerprint density at radius 3 is 2.67 bits per heavy atom. The maximum atomic E-state index is 12.4. The summed E-state index contributed by atoms with van der Waals surface area (Å²) >= 11 is 6.61. The van der Waals surface area contributed by atoms with Crippen LogP contribution in [0, 0.1) is 0 Å². The van der Waals surface area contributed by atoms with Gasteiger partial charge in [0.05, 0.1) is 0 Å². The van der Waals surface area contributed by atoms with Crippen molar-refractivity contribution in [3.8, 4) is 0 Å². The number of thiocarbonyl (C=S) groups is 1. The van der Waals surface area contributed by atoms with E-state index in [2.05, 4.69) is 12.2 Å². The summed E-state index contributed by atoms with van der Waals surface area (Å²) in [6, 6.07) is 3.42. The Labute approximate surface area is 136 Å². The lowest BCUT2D eigenvalue weighted by Gasteiger charge is -2.35. The average molecular weight is 348 g/mol. The Balaban J connectivity index is 1.87. The van der Waals surface area contributed by atoms with Gasteiger partial charge >= 0.3 is 0 Å². The van der Waals surface area contributed by atoms with Crippen LogP contribution in [-0.4, -0.2) is 55.5 Å². The van der Waals surface area contributed by atoms with Gasteiger partial charge < -0.3 is 10.2 Å². The van der Waals surface area contributed by atoms with Crippen molar-refractivity contribution in [2.45, 2.75) is 24.0 Å². The van der Waals surface area contributed by atoms with Crippen molar-refractivity contribution in [3.63, 3.8) is 0 Å². The van der Waals surface area contributed by atoms with Crippen LogP contribution in [0.1, 0.15) is 19.8 Å². The van der Waals surface area contributed by atoms with Crippen LogP contribution >= 0.6 is 23.6 Å². The normalized spacial score (nSPS) is 16.9. The highest BCUT2D eigenvalue weighted by Gasteiger charge is 2.29. The average Bonchev–Trinajstić information content (AvgIpc) is 3.02. The minimum absolute atomic E-state index is 0.416. The number of piperazine rings is 1. The van der Waals surface area contributed by atoms with Gasteiger partial charge in [-0.25, -0.2) is 8.42 Å².